The van der Waals surface area contributed by atoms with Crippen LogP contribution in [0.4, 0.5) is 24.5 Å². The van der Waals surface area contributed by atoms with Crippen molar-refractivity contribution in [3.63, 3.8) is 0 Å². The lowest BCUT2D eigenvalue weighted by Crippen LogP contribution is -2.15. The SMILES string of the molecule is Cc1cc2c(cc1C(F)(F)F)NC(=O)CC(c1cccc(C#CSI)c1)=N2. The number of nitrogens with zero attached hydrogens (tertiary/aromatic N) is 1. The lowest BCUT2D eigenvalue weighted by molar-refractivity contribution is -0.138. The fourth-order valence-electron chi connectivity index (χ4n) is 2.74. The minimum absolute atomic E-state index is 0.0347. The molecule has 0 saturated carbocycles. The Morgan fingerprint density at radius 1 is 1.26 bits per heavy atom. The summed E-state index contributed by atoms with van der Waals surface area (Å²) in [7, 11) is 1.36. The summed E-state index contributed by atoms with van der Waals surface area (Å²) in [5.41, 5.74) is 1.60. The topological polar surface area (TPSA) is 41.5 Å². The molecule has 3 nitrogen and oxygen atoms in total. The summed E-state index contributed by atoms with van der Waals surface area (Å²) in [6.45, 7) is 1.38. The summed E-state index contributed by atoms with van der Waals surface area (Å²) in [4.78, 5) is 16.7. The average Bonchev–Trinajstić information content (AvgIpc) is 2.76. The van der Waals surface area contributed by atoms with Gasteiger partial charge in [0.1, 0.15) is 0 Å². The molecule has 0 aliphatic carbocycles. The van der Waals surface area contributed by atoms with Crippen molar-refractivity contribution in [2.24, 2.45) is 4.99 Å². The van der Waals surface area contributed by atoms with Gasteiger partial charge in [-0.15, -0.1) is 0 Å². The molecule has 2 aromatic carbocycles. The van der Waals surface area contributed by atoms with Crippen molar-refractivity contribution in [3.8, 4) is 11.2 Å². The molecule has 1 aliphatic rings. The second-order valence-corrected chi connectivity index (χ2v) is 7.53. The zero-order valence-electron chi connectivity index (χ0n) is 13.9. The van der Waals surface area contributed by atoms with Gasteiger partial charge in [0, 0.05) is 26.8 Å². The summed E-state index contributed by atoms with van der Waals surface area (Å²) in [5.74, 6) is 2.56. The maximum absolute atomic E-state index is 13.1. The predicted molar refractivity (Wildman–Crippen MR) is 111 cm³/mol. The number of benzene rings is 2. The van der Waals surface area contributed by atoms with Crippen molar-refractivity contribution in [2.75, 3.05) is 5.32 Å². The zero-order valence-corrected chi connectivity index (χ0v) is 16.9. The number of halogens is 4. The Balaban J connectivity index is 2.09. The number of anilines is 1. The summed E-state index contributed by atoms with van der Waals surface area (Å²) in [6.07, 6.45) is -4.53. The zero-order chi connectivity index (χ0) is 19.6. The number of rotatable bonds is 1. The van der Waals surface area contributed by atoms with Gasteiger partial charge in [-0.2, -0.15) is 13.2 Å². The second kappa shape index (κ2) is 7.94. The Morgan fingerprint density at radius 2 is 2.04 bits per heavy atom. The molecule has 0 saturated heterocycles. The van der Waals surface area contributed by atoms with E-state index >= 15 is 0 Å². The van der Waals surface area contributed by atoms with Gasteiger partial charge in [0.25, 0.3) is 0 Å². The van der Waals surface area contributed by atoms with Crippen molar-refractivity contribution < 1.29 is 18.0 Å². The first kappa shape index (κ1) is 19.8. The van der Waals surface area contributed by atoms with E-state index in [-0.39, 0.29) is 17.7 Å². The molecule has 0 spiro atoms. The Bertz CT molecular complexity index is 1010. The summed E-state index contributed by atoms with van der Waals surface area (Å²) in [5, 5.41) is 5.41. The third-order valence-corrected chi connectivity index (χ3v) is 4.78. The van der Waals surface area contributed by atoms with Gasteiger partial charge in [-0.1, -0.05) is 18.1 Å². The Morgan fingerprint density at radius 3 is 2.74 bits per heavy atom. The lowest BCUT2D eigenvalue weighted by Gasteiger charge is -2.13. The average molecular weight is 500 g/mol. The highest BCUT2D eigenvalue weighted by Crippen LogP contribution is 2.39. The molecule has 1 aliphatic heterocycles. The third kappa shape index (κ3) is 4.65. The molecule has 0 radical (unpaired) electrons. The monoisotopic (exact) mass is 500 g/mol. The van der Waals surface area contributed by atoms with Gasteiger partial charge in [0.15, 0.2) is 0 Å². The lowest BCUT2D eigenvalue weighted by atomic mass is 10.0. The Kier molecular flexibility index (Phi) is 5.81. The number of carbonyl (C=O) groups is 1. The number of amides is 1. The minimum Gasteiger partial charge on any atom is -0.324 e. The molecule has 0 unspecified atom stereocenters. The first-order chi connectivity index (χ1) is 12.8. The molecule has 1 N–H and O–H groups in total. The van der Waals surface area contributed by atoms with E-state index in [9.17, 15) is 18.0 Å². The van der Waals surface area contributed by atoms with E-state index in [4.69, 9.17) is 0 Å². The number of hydrogen-bond donors (Lipinski definition) is 1. The molecular weight excluding hydrogens is 488 g/mol. The van der Waals surface area contributed by atoms with Crippen LogP contribution in [0.2, 0.25) is 0 Å². The van der Waals surface area contributed by atoms with Crippen LogP contribution in [0.5, 0.6) is 0 Å². The van der Waals surface area contributed by atoms with Crippen LogP contribution >= 0.6 is 30.1 Å². The van der Waals surface area contributed by atoms with Crippen LogP contribution in [0, 0.1) is 18.1 Å². The van der Waals surface area contributed by atoms with Crippen molar-refractivity contribution in [2.45, 2.75) is 19.5 Å². The second-order valence-electron chi connectivity index (χ2n) is 5.85. The number of hydrogen-bond acceptors (Lipinski definition) is 3. The molecule has 0 bridgehead atoms. The highest BCUT2D eigenvalue weighted by Gasteiger charge is 2.33. The number of aliphatic imine (C=N–C) groups is 1. The van der Waals surface area contributed by atoms with Crippen LogP contribution in [0.1, 0.15) is 28.7 Å². The van der Waals surface area contributed by atoms with Crippen molar-refractivity contribution in [1.29, 1.82) is 0 Å². The molecular formula is C19H12F3IN2OS. The number of alkyl halides is 3. The number of aryl methyl sites for hydroxylation is 1. The van der Waals surface area contributed by atoms with Gasteiger partial charge in [-0.25, -0.2) is 0 Å². The fourth-order valence-corrected chi connectivity index (χ4v) is 3.23. The van der Waals surface area contributed by atoms with Crippen molar-refractivity contribution in [1.82, 2.24) is 0 Å². The quantitative estimate of drug-likeness (QED) is 0.393. The van der Waals surface area contributed by atoms with Crippen LogP contribution in [0.3, 0.4) is 0 Å². The first-order valence-corrected chi connectivity index (χ1v) is 11.1. The van der Waals surface area contributed by atoms with Gasteiger partial charge >= 0.3 is 6.18 Å². The number of carbonyl (C=O) groups excluding carboxylic acids is 1. The summed E-state index contributed by atoms with van der Waals surface area (Å²) < 4.78 is 39.4. The van der Waals surface area contributed by atoms with E-state index in [1.54, 1.807) is 12.1 Å². The van der Waals surface area contributed by atoms with Crippen LogP contribution in [-0.4, -0.2) is 11.6 Å². The van der Waals surface area contributed by atoms with Crippen LogP contribution < -0.4 is 5.32 Å². The maximum Gasteiger partial charge on any atom is 0.416 e. The molecule has 1 amide bonds. The minimum atomic E-state index is -4.49. The molecule has 1 heterocycles. The Labute approximate surface area is 170 Å². The van der Waals surface area contributed by atoms with Gasteiger partial charge in [-0.05, 0) is 56.5 Å². The smallest absolute Gasteiger partial charge is 0.324 e. The van der Waals surface area contributed by atoms with E-state index in [1.807, 2.05) is 12.1 Å². The van der Waals surface area contributed by atoms with Crippen LogP contribution in [0.15, 0.2) is 41.4 Å². The largest absolute Gasteiger partial charge is 0.416 e. The molecule has 27 heavy (non-hydrogen) atoms. The number of fused-ring (bicyclic) bond motifs is 1. The van der Waals surface area contributed by atoms with Gasteiger partial charge in [-0.3, -0.25) is 9.79 Å². The van der Waals surface area contributed by atoms with Gasteiger partial charge < -0.3 is 5.32 Å². The molecule has 3 rings (SSSR count). The van der Waals surface area contributed by atoms with E-state index in [1.165, 1.54) is 21.9 Å². The van der Waals surface area contributed by atoms with Crippen LogP contribution in [0.25, 0.3) is 0 Å². The van der Waals surface area contributed by atoms with Gasteiger partial charge in [0.05, 0.1) is 29.1 Å². The van der Waals surface area contributed by atoms with E-state index < -0.39 is 17.6 Å². The number of nitrogens with one attached hydrogen (secondary N) is 1. The maximum atomic E-state index is 13.1. The molecule has 0 fully saturated rings. The fraction of sp³-hybridized carbons (Fsp3) is 0.158. The molecule has 138 valence electrons. The first-order valence-electron chi connectivity index (χ1n) is 7.76. The summed E-state index contributed by atoms with van der Waals surface area (Å²) in [6, 6.07) is 9.55. The Hall–Kier alpha value is -1.99. The summed E-state index contributed by atoms with van der Waals surface area (Å²) >= 11 is 2.07. The van der Waals surface area contributed by atoms with Crippen LogP contribution in [-0.2, 0) is 11.0 Å². The third-order valence-electron chi connectivity index (χ3n) is 3.94. The van der Waals surface area contributed by atoms with Gasteiger partial charge in [0.2, 0.25) is 5.91 Å². The molecule has 2 aromatic rings. The van der Waals surface area contributed by atoms with Crippen molar-refractivity contribution >= 4 is 53.1 Å². The molecule has 0 aromatic heterocycles. The van der Waals surface area contributed by atoms with E-state index in [0.29, 0.717) is 17.0 Å². The van der Waals surface area contributed by atoms with Crippen molar-refractivity contribution in [3.05, 3.63) is 58.7 Å². The predicted octanol–water partition coefficient (Wildman–Crippen LogP) is 5.87. The molecule has 0 atom stereocenters. The highest BCUT2D eigenvalue weighted by molar-refractivity contribution is 14.2. The van der Waals surface area contributed by atoms with E-state index in [2.05, 4.69) is 42.7 Å². The highest BCUT2D eigenvalue weighted by atomic mass is 127. The van der Waals surface area contributed by atoms with E-state index in [0.717, 1.165) is 11.6 Å². The molecule has 8 heteroatoms. The normalized spacial score (nSPS) is 13.7. The standard InChI is InChI=1S/C19H12F3IN2OS/c1-11-7-16-17(9-14(11)19(20,21)22)25-18(26)10-15(24-16)13-4-2-3-12(8-13)5-6-27-23/h2-4,7-9H,10H2,1H3,(H,25,26).